The molecular weight excluding hydrogens is 398 g/mol. The quantitative estimate of drug-likeness (QED) is 0.750. The summed E-state index contributed by atoms with van der Waals surface area (Å²) >= 11 is 5.97. The smallest absolute Gasteiger partial charge is 0.305 e. The monoisotopic (exact) mass is 419 g/mol. The first-order chi connectivity index (χ1) is 13.0. The van der Waals surface area contributed by atoms with Gasteiger partial charge in [0.15, 0.2) is 0 Å². The van der Waals surface area contributed by atoms with Gasteiger partial charge in [-0.3, -0.25) is 4.79 Å². The molecule has 0 aliphatic carbocycles. The topological polar surface area (TPSA) is 72.5 Å². The van der Waals surface area contributed by atoms with Crippen molar-refractivity contribution < 1.29 is 17.4 Å². The van der Waals surface area contributed by atoms with Gasteiger partial charge in [-0.2, -0.15) is 8.42 Å². The second-order valence-electron chi connectivity index (χ2n) is 7.64. The van der Waals surface area contributed by atoms with Crippen molar-refractivity contribution in [2.75, 3.05) is 6.26 Å². The van der Waals surface area contributed by atoms with E-state index in [0.29, 0.717) is 10.6 Å². The van der Waals surface area contributed by atoms with Crippen LogP contribution in [0, 0.1) is 6.92 Å². The van der Waals surface area contributed by atoms with Crippen LogP contribution in [0.25, 0.3) is 16.7 Å². The highest BCUT2D eigenvalue weighted by molar-refractivity contribution is 7.86. The minimum atomic E-state index is -3.77. The van der Waals surface area contributed by atoms with Crippen LogP contribution in [-0.2, 0) is 19.1 Å². The van der Waals surface area contributed by atoms with Crippen molar-refractivity contribution in [2.24, 2.45) is 0 Å². The van der Waals surface area contributed by atoms with E-state index in [1.165, 1.54) is 0 Å². The first-order valence-electron chi connectivity index (χ1n) is 8.77. The van der Waals surface area contributed by atoms with E-state index in [1.807, 2.05) is 51.1 Å². The van der Waals surface area contributed by atoms with E-state index in [4.69, 9.17) is 15.8 Å². The van der Waals surface area contributed by atoms with Gasteiger partial charge in [-0.15, -0.1) is 0 Å². The van der Waals surface area contributed by atoms with Gasteiger partial charge in [-0.05, 0) is 61.2 Å². The number of aryl methyl sites for hydroxylation is 1. The molecule has 2 aromatic rings. The summed E-state index contributed by atoms with van der Waals surface area (Å²) in [5, 5.41) is 3.56. The van der Waals surface area contributed by atoms with Crippen molar-refractivity contribution in [1.82, 2.24) is 5.32 Å². The summed E-state index contributed by atoms with van der Waals surface area (Å²) < 4.78 is 28.8. The molecule has 0 bridgehead atoms. The number of hydrogen-bond donors (Lipinski definition) is 1. The molecule has 0 unspecified atom stereocenters. The van der Waals surface area contributed by atoms with Crippen LogP contribution in [0.1, 0.15) is 31.4 Å². The van der Waals surface area contributed by atoms with E-state index >= 15 is 0 Å². The number of hydrogen-bond acceptors (Lipinski definition) is 4. The van der Waals surface area contributed by atoms with Crippen LogP contribution in [0.4, 0.5) is 0 Å². The van der Waals surface area contributed by atoms with Gasteiger partial charge in [0.25, 0.3) is 5.91 Å². The molecule has 5 nitrogen and oxygen atoms in total. The van der Waals surface area contributed by atoms with Crippen LogP contribution >= 0.6 is 11.6 Å². The van der Waals surface area contributed by atoms with E-state index in [1.54, 1.807) is 12.1 Å². The van der Waals surface area contributed by atoms with Gasteiger partial charge in [0.1, 0.15) is 5.76 Å². The summed E-state index contributed by atoms with van der Waals surface area (Å²) in [6.07, 6.45) is 1.25. The van der Waals surface area contributed by atoms with Crippen LogP contribution in [0.2, 0.25) is 5.02 Å². The zero-order valence-corrected chi connectivity index (χ0v) is 17.7. The number of rotatable bonds is 4. The fourth-order valence-corrected chi connectivity index (χ4v) is 3.90. The number of benzene rings is 2. The second kappa shape index (κ2) is 7.26. The molecule has 0 fully saturated rings. The van der Waals surface area contributed by atoms with E-state index in [2.05, 4.69) is 5.32 Å². The summed E-state index contributed by atoms with van der Waals surface area (Å²) in [4.78, 5) is 12.9. The molecule has 0 saturated carbocycles. The normalized spacial score (nSPS) is 16.7. The van der Waals surface area contributed by atoms with E-state index in [-0.39, 0.29) is 23.7 Å². The maximum atomic E-state index is 12.9. The fraction of sp³-hybridized carbons (Fsp3) is 0.286. The minimum absolute atomic E-state index is 0.160. The molecule has 3 rings (SSSR count). The van der Waals surface area contributed by atoms with Crippen LogP contribution < -0.4 is 5.32 Å². The predicted molar refractivity (Wildman–Crippen MR) is 111 cm³/mol. The summed E-state index contributed by atoms with van der Waals surface area (Å²) in [6, 6.07) is 13.1. The fourth-order valence-electron chi connectivity index (χ4n) is 3.27. The van der Waals surface area contributed by atoms with Gasteiger partial charge >= 0.3 is 10.1 Å². The van der Waals surface area contributed by atoms with Gasteiger partial charge in [-0.1, -0.05) is 35.9 Å². The summed E-state index contributed by atoms with van der Waals surface area (Å²) in [7, 11) is -3.77. The Hall–Kier alpha value is -2.31. The number of carbonyl (C=O) groups is 1. The van der Waals surface area contributed by atoms with Gasteiger partial charge in [0, 0.05) is 17.0 Å². The van der Waals surface area contributed by atoms with Crippen molar-refractivity contribution in [1.29, 1.82) is 0 Å². The van der Waals surface area contributed by atoms with Crippen LogP contribution in [0.3, 0.4) is 0 Å². The van der Waals surface area contributed by atoms with E-state index in [0.717, 1.165) is 22.9 Å². The molecular formula is C21H22ClNO4S. The lowest BCUT2D eigenvalue weighted by molar-refractivity contribution is -0.117. The highest BCUT2D eigenvalue weighted by Crippen LogP contribution is 2.35. The zero-order chi connectivity index (χ0) is 20.7. The van der Waals surface area contributed by atoms with Gasteiger partial charge in [-0.25, -0.2) is 0 Å². The lowest BCUT2D eigenvalue weighted by atomic mass is 9.87. The molecule has 0 saturated heterocycles. The summed E-state index contributed by atoms with van der Waals surface area (Å²) in [6.45, 7) is 5.52. The van der Waals surface area contributed by atoms with Crippen molar-refractivity contribution in [2.45, 2.75) is 32.7 Å². The van der Waals surface area contributed by atoms with Crippen LogP contribution in [-0.4, -0.2) is 26.1 Å². The lowest BCUT2D eigenvalue weighted by Crippen LogP contribution is -2.48. The molecule has 1 aliphatic rings. The van der Waals surface area contributed by atoms with E-state index in [9.17, 15) is 13.2 Å². The first-order valence-corrected chi connectivity index (χ1v) is 11.0. The third-order valence-corrected chi connectivity index (χ3v) is 5.25. The molecule has 7 heteroatoms. The maximum Gasteiger partial charge on any atom is 0.305 e. The van der Waals surface area contributed by atoms with Crippen molar-refractivity contribution in [3.05, 3.63) is 64.4 Å². The Morgan fingerprint density at radius 3 is 2.29 bits per heavy atom. The lowest BCUT2D eigenvalue weighted by Gasteiger charge is -2.33. The zero-order valence-electron chi connectivity index (χ0n) is 16.2. The van der Waals surface area contributed by atoms with Crippen LogP contribution in [0.5, 0.6) is 0 Å². The third-order valence-electron chi connectivity index (χ3n) is 4.50. The molecule has 0 radical (unpaired) electrons. The molecule has 1 amide bonds. The summed E-state index contributed by atoms with van der Waals surface area (Å²) in [5.74, 6) is -0.195. The predicted octanol–water partition coefficient (Wildman–Crippen LogP) is 4.30. The molecule has 1 N–H and O–H groups in total. The van der Waals surface area contributed by atoms with Gasteiger partial charge in [0.2, 0.25) is 0 Å². The molecule has 1 heterocycles. The number of carbonyl (C=O) groups excluding carboxylic acids is 1. The Morgan fingerprint density at radius 2 is 1.68 bits per heavy atom. The van der Waals surface area contributed by atoms with Crippen LogP contribution in [0.15, 0.2) is 48.2 Å². The number of halogens is 1. The molecule has 1 aliphatic heterocycles. The first kappa shape index (κ1) is 20.4. The van der Waals surface area contributed by atoms with Gasteiger partial charge < -0.3 is 9.50 Å². The molecule has 0 spiro atoms. The standard InChI is InChI=1S/C21H22ClNO4S/c1-13-5-6-15(14-7-9-16(22)10-8-14)11-17(13)19-18(27-28(4,25)26)12-21(2,3)23-20(19)24/h5-11H,12H2,1-4H3,(H,23,24). The molecule has 0 aromatic heterocycles. The van der Waals surface area contributed by atoms with Crippen molar-refractivity contribution in [3.8, 4) is 11.1 Å². The number of amides is 1. The number of nitrogens with one attached hydrogen (secondary N) is 1. The molecule has 148 valence electrons. The maximum absolute atomic E-state index is 12.9. The Kier molecular flexibility index (Phi) is 5.30. The SMILES string of the molecule is Cc1ccc(-c2ccc(Cl)cc2)cc1C1=C(OS(C)(=O)=O)CC(C)(C)NC1=O. The van der Waals surface area contributed by atoms with Crippen molar-refractivity contribution >= 4 is 33.2 Å². The van der Waals surface area contributed by atoms with E-state index < -0.39 is 15.7 Å². The largest absolute Gasteiger partial charge is 0.386 e. The highest BCUT2D eigenvalue weighted by atomic mass is 35.5. The Morgan fingerprint density at radius 1 is 1.07 bits per heavy atom. The second-order valence-corrected chi connectivity index (χ2v) is 9.65. The average molecular weight is 420 g/mol. The Balaban J connectivity index is 2.19. The highest BCUT2D eigenvalue weighted by Gasteiger charge is 2.36. The molecule has 2 aromatic carbocycles. The van der Waals surface area contributed by atoms with Gasteiger partial charge in [0.05, 0.1) is 11.8 Å². The third kappa shape index (κ3) is 4.56. The minimum Gasteiger partial charge on any atom is -0.386 e. The average Bonchev–Trinajstić information content (AvgIpc) is 2.54. The van der Waals surface area contributed by atoms with Crippen molar-refractivity contribution in [3.63, 3.8) is 0 Å². The molecule has 28 heavy (non-hydrogen) atoms. The Labute approximate surface area is 170 Å². The Bertz CT molecular complexity index is 1070. The molecule has 0 atom stereocenters. The summed E-state index contributed by atoms with van der Waals surface area (Å²) in [5.41, 5.74) is 2.95.